The standard InChI is InChI=1S/C13H26N2O2/c1-3-4-7-15(8-9-16)13(17)12-5-6-14-11(2)10-12/h11-12,14,16H,3-10H2,1-2H3. The van der Waals surface area contributed by atoms with E-state index in [0.717, 1.165) is 38.8 Å². The summed E-state index contributed by atoms with van der Waals surface area (Å²) >= 11 is 0. The summed E-state index contributed by atoms with van der Waals surface area (Å²) in [7, 11) is 0. The Morgan fingerprint density at radius 3 is 2.82 bits per heavy atom. The highest BCUT2D eigenvalue weighted by molar-refractivity contribution is 5.79. The molecule has 1 saturated heterocycles. The fourth-order valence-electron chi connectivity index (χ4n) is 2.42. The van der Waals surface area contributed by atoms with Crippen molar-refractivity contribution < 1.29 is 9.90 Å². The third-order valence-electron chi connectivity index (χ3n) is 3.44. The van der Waals surface area contributed by atoms with Crippen LogP contribution >= 0.6 is 0 Å². The van der Waals surface area contributed by atoms with Gasteiger partial charge in [0.25, 0.3) is 0 Å². The lowest BCUT2D eigenvalue weighted by Gasteiger charge is -2.32. The molecule has 1 fully saturated rings. The van der Waals surface area contributed by atoms with E-state index in [1.807, 2.05) is 4.90 Å². The van der Waals surface area contributed by atoms with Gasteiger partial charge in [0.15, 0.2) is 0 Å². The van der Waals surface area contributed by atoms with Gasteiger partial charge in [-0.2, -0.15) is 0 Å². The molecular weight excluding hydrogens is 216 g/mol. The Balaban J connectivity index is 2.50. The van der Waals surface area contributed by atoms with Gasteiger partial charge in [0.05, 0.1) is 6.61 Å². The number of piperidine rings is 1. The molecule has 0 bridgehead atoms. The number of unbranched alkanes of at least 4 members (excludes halogenated alkanes) is 1. The van der Waals surface area contributed by atoms with Gasteiger partial charge in [-0.05, 0) is 32.7 Å². The van der Waals surface area contributed by atoms with Gasteiger partial charge in [-0.15, -0.1) is 0 Å². The summed E-state index contributed by atoms with van der Waals surface area (Å²) < 4.78 is 0. The van der Waals surface area contributed by atoms with Crippen molar-refractivity contribution in [2.24, 2.45) is 5.92 Å². The Morgan fingerprint density at radius 1 is 1.47 bits per heavy atom. The first kappa shape index (κ1) is 14.5. The normalized spacial score (nSPS) is 24.6. The maximum Gasteiger partial charge on any atom is 0.225 e. The first-order valence-corrected chi connectivity index (χ1v) is 6.82. The topological polar surface area (TPSA) is 52.6 Å². The third-order valence-corrected chi connectivity index (χ3v) is 3.44. The second kappa shape index (κ2) is 7.67. The molecule has 1 amide bonds. The van der Waals surface area contributed by atoms with E-state index in [-0.39, 0.29) is 18.4 Å². The van der Waals surface area contributed by atoms with Gasteiger partial charge in [0.2, 0.25) is 5.91 Å². The van der Waals surface area contributed by atoms with E-state index in [4.69, 9.17) is 5.11 Å². The number of amides is 1. The Kier molecular flexibility index (Phi) is 6.52. The molecular formula is C13H26N2O2. The zero-order chi connectivity index (χ0) is 12.7. The first-order valence-electron chi connectivity index (χ1n) is 6.82. The van der Waals surface area contributed by atoms with Crippen molar-refractivity contribution in [3.63, 3.8) is 0 Å². The van der Waals surface area contributed by atoms with Crippen molar-refractivity contribution in [2.75, 3.05) is 26.2 Å². The molecule has 4 heteroatoms. The van der Waals surface area contributed by atoms with E-state index in [1.165, 1.54) is 0 Å². The Labute approximate surface area is 104 Å². The number of carbonyl (C=O) groups is 1. The number of aliphatic hydroxyl groups is 1. The molecule has 1 heterocycles. The van der Waals surface area contributed by atoms with Crippen LogP contribution < -0.4 is 5.32 Å². The van der Waals surface area contributed by atoms with Crippen LogP contribution in [-0.4, -0.2) is 48.2 Å². The summed E-state index contributed by atoms with van der Waals surface area (Å²) in [6.45, 7) is 6.51. The molecule has 0 aromatic heterocycles. The summed E-state index contributed by atoms with van der Waals surface area (Å²) in [5, 5.41) is 12.4. The molecule has 0 saturated carbocycles. The van der Waals surface area contributed by atoms with Crippen LogP contribution in [0.15, 0.2) is 0 Å². The van der Waals surface area contributed by atoms with Crippen molar-refractivity contribution >= 4 is 5.91 Å². The fourth-order valence-corrected chi connectivity index (χ4v) is 2.42. The van der Waals surface area contributed by atoms with Gasteiger partial charge in [-0.1, -0.05) is 13.3 Å². The predicted molar refractivity (Wildman–Crippen MR) is 68.8 cm³/mol. The largest absolute Gasteiger partial charge is 0.395 e. The maximum atomic E-state index is 12.3. The highest BCUT2D eigenvalue weighted by atomic mass is 16.3. The monoisotopic (exact) mass is 242 g/mol. The first-order chi connectivity index (χ1) is 8.19. The summed E-state index contributed by atoms with van der Waals surface area (Å²) in [5.41, 5.74) is 0. The fraction of sp³-hybridized carbons (Fsp3) is 0.923. The molecule has 1 rings (SSSR count). The average Bonchev–Trinajstić information content (AvgIpc) is 2.33. The van der Waals surface area contributed by atoms with E-state index in [0.29, 0.717) is 12.6 Å². The van der Waals surface area contributed by atoms with Crippen LogP contribution in [-0.2, 0) is 4.79 Å². The molecule has 0 radical (unpaired) electrons. The summed E-state index contributed by atoms with van der Waals surface area (Å²) in [5.74, 6) is 0.385. The Bertz CT molecular complexity index is 233. The predicted octanol–water partition coefficient (Wildman–Crippen LogP) is 0.995. The smallest absolute Gasteiger partial charge is 0.225 e. The SMILES string of the molecule is CCCCN(CCO)C(=O)C1CCNC(C)C1. The van der Waals surface area contributed by atoms with Crippen LogP contribution in [0, 0.1) is 5.92 Å². The molecule has 0 aromatic carbocycles. The molecule has 2 N–H and O–H groups in total. The lowest BCUT2D eigenvalue weighted by molar-refractivity contribution is -0.137. The van der Waals surface area contributed by atoms with Crippen LogP contribution in [0.5, 0.6) is 0 Å². The van der Waals surface area contributed by atoms with Crippen LogP contribution in [0.25, 0.3) is 0 Å². The van der Waals surface area contributed by atoms with E-state index in [9.17, 15) is 4.79 Å². The molecule has 0 spiro atoms. The van der Waals surface area contributed by atoms with Gasteiger partial charge in [0, 0.05) is 25.0 Å². The summed E-state index contributed by atoms with van der Waals surface area (Å²) in [6.07, 6.45) is 3.95. The molecule has 17 heavy (non-hydrogen) atoms. The van der Waals surface area contributed by atoms with E-state index >= 15 is 0 Å². The molecule has 1 aliphatic heterocycles. The van der Waals surface area contributed by atoms with E-state index < -0.39 is 0 Å². The second-order valence-electron chi connectivity index (χ2n) is 4.98. The van der Waals surface area contributed by atoms with Crippen LogP contribution in [0.4, 0.5) is 0 Å². The van der Waals surface area contributed by atoms with Crippen LogP contribution in [0.2, 0.25) is 0 Å². The van der Waals surface area contributed by atoms with Gasteiger partial charge in [-0.3, -0.25) is 4.79 Å². The Hall–Kier alpha value is -0.610. The molecule has 2 unspecified atom stereocenters. The number of aliphatic hydroxyl groups excluding tert-OH is 1. The van der Waals surface area contributed by atoms with E-state index in [2.05, 4.69) is 19.2 Å². The van der Waals surface area contributed by atoms with Gasteiger partial charge in [0.1, 0.15) is 0 Å². The zero-order valence-electron chi connectivity index (χ0n) is 11.1. The van der Waals surface area contributed by atoms with Crippen molar-refractivity contribution in [3.05, 3.63) is 0 Å². The summed E-state index contributed by atoms with van der Waals surface area (Å²) in [6, 6.07) is 0.430. The average molecular weight is 242 g/mol. The minimum atomic E-state index is 0.0655. The van der Waals surface area contributed by atoms with Gasteiger partial charge < -0.3 is 15.3 Å². The molecule has 100 valence electrons. The summed E-state index contributed by atoms with van der Waals surface area (Å²) in [4.78, 5) is 14.2. The number of rotatable bonds is 6. The molecule has 0 aliphatic carbocycles. The van der Waals surface area contributed by atoms with Crippen LogP contribution in [0.3, 0.4) is 0 Å². The van der Waals surface area contributed by atoms with Gasteiger partial charge >= 0.3 is 0 Å². The number of hydrogen-bond acceptors (Lipinski definition) is 3. The van der Waals surface area contributed by atoms with Crippen molar-refractivity contribution in [1.29, 1.82) is 0 Å². The Morgan fingerprint density at radius 2 is 2.24 bits per heavy atom. The van der Waals surface area contributed by atoms with E-state index in [1.54, 1.807) is 0 Å². The minimum absolute atomic E-state index is 0.0655. The number of nitrogens with zero attached hydrogens (tertiary/aromatic N) is 1. The second-order valence-corrected chi connectivity index (χ2v) is 4.98. The molecule has 0 aromatic rings. The van der Waals surface area contributed by atoms with Crippen molar-refractivity contribution in [1.82, 2.24) is 10.2 Å². The molecule has 1 aliphatic rings. The quantitative estimate of drug-likeness (QED) is 0.730. The highest BCUT2D eigenvalue weighted by Crippen LogP contribution is 2.19. The highest BCUT2D eigenvalue weighted by Gasteiger charge is 2.27. The third kappa shape index (κ3) is 4.64. The molecule has 4 nitrogen and oxygen atoms in total. The zero-order valence-corrected chi connectivity index (χ0v) is 11.1. The maximum absolute atomic E-state index is 12.3. The number of nitrogens with one attached hydrogen (secondary N) is 1. The van der Waals surface area contributed by atoms with Crippen molar-refractivity contribution in [3.8, 4) is 0 Å². The van der Waals surface area contributed by atoms with Crippen LogP contribution in [0.1, 0.15) is 39.5 Å². The van der Waals surface area contributed by atoms with Gasteiger partial charge in [-0.25, -0.2) is 0 Å². The number of hydrogen-bond donors (Lipinski definition) is 2. The lowest BCUT2D eigenvalue weighted by Crippen LogP contribution is -2.45. The molecule has 2 atom stereocenters. The lowest BCUT2D eigenvalue weighted by atomic mass is 9.92. The van der Waals surface area contributed by atoms with Crippen molar-refractivity contribution in [2.45, 2.75) is 45.6 Å². The minimum Gasteiger partial charge on any atom is -0.395 e. The number of carbonyl (C=O) groups excluding carboxylic acids is 1.